The predicted molar refractivity (Wildman–Crippen MR) is 87.3 cm³/mol. The Bertz CT molecular complexity index is 745. The molecule has 5 heteroatoms. The van der Waals surface area contributed by atoms with Crippen molar-refractivity contribution in [1.29, 1.82) is 0 Å². The van der Waals surface area contributed by atoms with Gasteiger partial charge in [-0.2, -0.15) is 5.10 Å². The Morgan fingerprint density at radius 2 is 1.95 bits per heavy atom. The Hall–Kier alpha value is -1.98. The third-order valence-electron chi connectivity index (χ3n) is 3.54. The van der Waals surface area contributed by atoms with Crippen LogP contribution in [0.3, 0.4) is 0 Å². The van der Waals surface area contributed by atoms with Crippen LogP contribution in [0.2, 0.25) is 0 Å². The molecule has 3 aromatic rings. The summed E-state index contributed by atoms with van der Waals surface area (Å²) >= 11 is 1.78. The Morgan fingerprint density at radius 1 is 1.18 bits per heavy atom. The molecule has 3 rings (SSSR count). The van der Waals surface area contributed by atoms with Gasteiger partial charge in [0.15, 0.2) is 0 Å². The normalized spacial score (nSPS) is 12.5. The molecule has 2 aromatic heterocycles. The van der Waals surface area contributed by atoms with E-state index in [1.165, 1.54) is 21.9 Å². The minimum absolute atomic E-state index is 0.00305. The zero-order valence-corrected chi connectivity index (χ0v) is 13.4. The molecule has 114 valence electrons. The molecule has 0 amide bonds. The molecule has 0 spiro atoms. The second kappa shape index (κ2) is 6.42. The molecule has 1 atom stereocenters. The molecule has 0 aliphatic carbocycles. The maximum absolute atomic E-state index is 13.2. The van der Waals surface area contributed by atoms with E-state index in [0.717, 1.165) is 17.7 Å². The highest BCUT2D eigenvalue weighted by Crippen LogP contribution is 2.23. The number of hydrogen-bond acceptors (Lipinski definition) is 3. The van der Waals surface area contributed by atoms with E-state index in [2.05, 4.69) is 29.5 Å². The average molecular weight is 315 g/mol. The first-order chi connectivity index (χ1) is 10.6. The van der Waals surface area contributed by atoms with Gasteiger partial charge in [-0.1, -0.05) is 12.1 Å². The fourth-order valence-corrected chi connectivity index (χ4v) is 3.30. The Labute approximate surface area is 133 Å². The third kappa shape index (κ3) is 3.43. The lowest BCUT2D eigenvalue weighted by Gasteiger charge is -2.17. The summed E-state index contributed by atoms with van der Waals surface area (Å²) in [5.74, 6) is -0.220. The van der Waals surface area contributed by atoms with Crippen molar-refractivity contribution in [3.8, 4) is 0 Å². The number of aryl methyl sites for hydroxylation is 2. The van der Waals surface area contributed by atoms with Crippen LogP contribution in [0.5, 0.6) is 0 Å². The number of halogens is 1. The molecule has 0 saturated carbocycles. The van der Waals surface area contributed by atoms with E-state index >= 15 is 0 Å². The van der Waals surface area contributed by atoms with Gasteiger partial charge in [0.2, 0.25) is 0 Å². The smallest absolute Gasteiger partial charge is 0.123 e. The zero-order valence-electron chi connectivity index (χ0n) is 12.6. The topological polar surface area (TPSA) is 29.9 Å². The van der Waals surface area contributed by atoms with Crippen LogP contribution in [-0.4, -0.2) is 9.78 Å². The Balaban J connectivity index is 1.84. The van der Waals surface area contributed by atoms with E-state index < -0.39 is 0 Å². The number of thiophene rings is 1. The van der Waals surface area contributed by atoms with Gasteiger partial charge in [0, 0.05) is 35.1 Å². The molecule has 0 bridgehead atoms. The van der Waals surface area contributed by atoms with Crippen LogP contribution in [0.15, 0.2) is 48.8 Å². The molecular weight excluding hydrogens is 297 g/mol. The van der Waals surface area contributed by atoms with Crippen LogP contribution >= 0.6 is 11.3 Å². The maximum Gasteiger partial charge on any atom is 0.123 e. The number of nitrogens with zero attached hydrogens (tertiary/aromatic N) is 2. The molecule has 1 aromatic carbocycles. The largest absolute Gasteiger partial charge is 0.301 e. The van der Waals surface area contributed by atoms with Gasteiger partial charge in [-0.3, -0.25) is 4.68 Å². The summed E-state index contributed by atoms with van der Waals surface area (Å²) in [6.07, 6.45) is 3.83. The molecule has 1 N–H and O–H groups in total. The third-order valence-corrected chi connectivity index (χ3v) is 4.54. The van der Waals surface area contributed by atoms with Crippen molar-refractivity contribution in [3.05, 3.63) is 75.5 Å². The first kappa shape index (κ1) is 14.9. The molecule has 2 heterocycles. The summed E-state index contributed by atoms with van der Waals surface area (Å²) in [5.41, 5.74) is 2.10. The zero-order chi connectivity index (χ0) is 15.5. The van der Waals surface area contributed by atoms with E-state index in [9.17, 15) is 4.39 Å². The highest BCUT2D eigenvalue weighted by Gasteiger charge is 2.15. The van der Waals surface area contributed by atoms with E-state index in [1.54, 1.807) is 16.0 Å². The fraction of sp³-hybridized carbons (Fsp3) is 0.235. The van der Waals surface area contributed by atoms with Gasteiger partial charge in [0.05, 0.1) is 12.2 Å². The Kier molecular flexibility index (Phi) is 4.36. The van der Waals surface area contributed by atoms with E-state index in [0.29, 0.717) is 0 Å². The summed E-state index contributed by atoms with van der Waals surface area (Å²) in [6, 6.07) is 10.9. The van der Waals surface area contributed by atoms with Crippen molar-refractivity contribution in [1.82, 2.24) is 15.1 Å². The summed E-state index contributed by atoms with van der Waals surface area (Å²) < 4.78 is 15.0. The molecule has 3 nitrogen and oxygen atoms in total. The van der Waals surface area contributed by atoms with Crippen LogP contribution < -0.4 is 5.32 Å². The molecule has 0 aliphatic heterocycles. The molecule has 22 heavy (non-hydrogen) atoms. The van der Waals surface area contributed by atoms with Gasteiger partial charge in [0.25, 0.3) is 0 Å². The average Bonchev–Trinajstić information content (AvgIpc) is 3.10. The molecule has 0 saturated heterocycles. The van der Waals surface area contributed by atoms with Crippen LogP contribution in [0.1, 0.15) is 26.9 Å². The van der Waals surface area contributed by atoms with Crippen LogP contribution in [0, 0.1) is 12.7 Å². The summed E-state index contributed by atoms with van der Waals surface area (Å²) in [6.45, 7) is 2.88. The van der Waals surface area contributed by atoms with Gasteiger partial charge >= 0.3 is 0 Å². The Morgan fingerprint density at radius 3 is 2.55 bits per heavy atom. The maximum atomic E-state index is 13.2. The SMILES string of the molecule is Cc1ccc(CNC(c2ccc(F)cc2)c2cnn(C)c2)s1. The number of nitrogens with one attached hydrogen (secondary N) is 1. The van der Waals surface area contributed by atoms with Crippen LogP contribution in [0.4, 0.5) is 4.39 Å². The van der Waals surface area contributed by atoms with Crippen molar-refractivity contribution in [2.45, 2.75) is 19.5 Å². The van der Waals surface area contributed by atoms with Crippen LogP contribution in [-0.2, 0) is 13.6 Å². The molecule has 0 aliphatic rings. The van der Waals surface area contributed by atoms with Gasteiger partial charge in [-0.15, -0.1) is 11.3 Å². The van der Waals surface area contributed by atoms with E-state index in [4.69, 9.17) is 0 Å². The lowest BCUT2D eigenvalue weighted by molar-refractivity contribution is 0.601. The van der Waals surface area contributed by atoms with Crippen molar-refractivity contribution in [3.63, 3.8) is 0 Å². The quantitative estimate of drug-likeness (QED) is 0.776. The summed E-state index contributed by atoms with van der Waals surface area (Å²) in [5, 5.41) is 7.79. The van der Waals surface area contributed by atoms with Gasteiger partial charge in [-0.05, 0) is 36.8 Å². The molecule has 0 fully saturated rings. The number of rotatable bonds is 5. The molecule has 0 radical (unpaired) electrons. The van der Waals surface area contributed by atoms with Crippen molar-refractivity contribution in [2.75, 3.05) is 0 Å². The van der Waals surface area contributed by atoms with Gasteiger partial charge < -0.3 is 5.32 Å². The lowest BCUT2D eigenvalue weighted by Crippen LogP contribution is -2.21. The molecule has 1 unspecified atom stereocenters. The predicted octanol–water partition coefficient (Wildman–Crippen LogP) is 3.81. The second-order valence-electron chi connectivity index (χ2n) is 5.33. The number of benzene rings is 1. The monoisotopic (exact) mass is 315 g/mol. The first-order valence-corrected chi connectivity index (χ1v) is 7.96. The first-order valence-electron chi connectivity index (χ1n) is 7.14. The van der Waals surface area contributed by atoms with Crippen molar-refractivity contribution in [2.24, 2.45) is 7.05 Å². The fourth-order valence-electron chi connectivity index (χ4n) is 2.46. The number of aromatic nitrogens is 2. The highest BCUT2D eigenvalue weighted by atomic mass is 32.1. The summed E-state index contributed by atoms with van der Waals surface area (Å²) in [4.78, 5) is 2.59. The minimum Gasteiger partial charge on any atom is -0.301 e. The molecular formula is C17H18FN3S. The second-order valence-corrected chi connectivity index (χ2v) is 6.70. The van der Waals surface area contributed by atoms with E-state index in [-0.39, 0.29) is 11.9 Å². The standard InChI is InChI=1S/C17H18FN3S/c1-12-3-8-16(22-12)10-19-17(14-9-20-21(2)11-14)13-4-6-15(18)7-5-13/h3-9,11,17,19H,10H2,1-2H3. The summed E-state index contributed by atoms with van der Waals surface area (Å²) in [7, 11) is 1.90. The number of hydrogen-bond donors (Lipinski definition) is 1. The lowest BCUT2D eigenvalue weighted by atomic mass is 10.0. The van der Waals surface area contributed by atoms with Gasteiger partial charge in [-0.25, -0.2) is 4.39 Å². The van der Waals surface area contributed by atoms with E-state index in [1.807, 2.05) is 31.6 Å². The van der Waals surface area contributed by atoms with Crippen molar-refractivity contribution >= 4 is 11.3 Å². The van der Waals surface area contributed by atoms with Crippen molar-refractivity contribution < 1.29 is 4.39 Å². The van der Waals surface area contributed by atoms with Crippen LogP contribution in [0.25, 0.3) is 0 Å². The minimum atomic E-state index is -0.220. The van der Waals surface area contributed by atoms with Gasteiger partial charge in [0.1, 0.15) is 5.82 Å². The highest BCUT2D eigenvalue weighted by molar-refractivity contribution is 7.11.